The number of allylic oxidation sites excluding steroid dienone is 2. The smallest absolute Gasteiger partial charge is 0.258 e. The summed E-state index contributed by atoms with van der Waals surface area (Å²) in [6, 6.07) is 9.74. The lowest BCUT2D eigenvalue weighted by atomic mass is 10.2. The van der Waals surface area contributed by atoms with E-state index in [0.29, 0.717) is 11.7 Å². The van der Waals surface area contributed by atoms with Crippen molar-refractivity contribution in [2.24, 2.45) is 0 Å². The van der Waals surface area contributed by atoms with Crippen LogP contribution in [0.1, 0.15) is 19.7 Å². The van der Waals surface area contributed by atoms with Gasteiger partial charge in [0.05, 0.1) is 0 Å². The summed E-state index contributed by atoms with van der Waals surface area (Å²) in [5.41, 5.74) is 1.96. The third-order valence-corrected chi connectivity index (χ3v) is 2.23. The van der Waals surface area contributed by atoms with Crippen molar-refractivity contribution in [1.82, 2.24) is 10.1 Å². The SMILES string of the molecule is CC=C(C)c1noc(-c2ccccc2)n1. The maximum absolute atomic E-state index is 5.17. The minimum Gasteiger partial charge on any atom is -0.334 e. The molecule has 0 atom stereocenters. The van der Waals surface area contributed by atoms with Crippen molar-refractivity contribution in [3.8, 4) is 11.5 Å². The van der Waals surface area contributed by atoms with E-state index in [0.717, 1.165) is 11.1 Å². The van der Waals surface area contributed by atoms with Gasteiger partial charge in [0, 0.05) is 5.56 Å². The Morgan fingerprint density at radius 3 is 2.67 bits per heavy atom. The van der Waals surface area contributed by atoms with E-state index in [9.17, 15) is 0 Å². The molecule has 0 aliphatic carbocycles. The van der Waals surface area contributed by atoms with Crippen LogP contribution in [0.3, 0.4) is 0 Å². The zero-order valence-electron chi connectivity index (χ0n) is 8.77. The first kappa shape index (κ1) is 9.65. The lowest BCUT2D eigenvalue weighted by Gasteiger charge is -1.90. The third kappa shape index (κ3) is 1.96. The van der Waals surface area contributed by atoms with Crippen molar-refractivity contribution in [2.75, 3.05) is 0 Å². The van der Waals surface area contributed by atoms with Crippen LogP contribution in [0.4, 0.5) is 0 Å². The van der Waals surface area contributed by atoms with Gasteiger partial charge in [-0.3, -0.25) is 0 Å². The molecule has 0 radical (unpaired) electrons. The molecule has 76 valence electrons. The fourth-order valence-electron chi connectivity index (χ4n) is 1.21. The molecule has 0 saturated heterocycles. The largest absolute Gasteiger partial charge is 0.334 e. The standard InChI is InChI=1S/C12H12N2O/c1-3-9(2)11-13-12(15-14-11)10-7-5-4-6-8-10/h3-8H,1-2H3. The number of rotatable bonds is 2. The molecule has 2 rings (SSSR count). The highest BCUT2D eigenvalue weighted by Crippen LogP contribution is 2.18. The van der Waals surface area contributed by atoms with Gasteiger partial charge in [0.1, 0.15) is 0 Å². The molecular formula is C12H12N2O. The van der Waals surface area contributed by atoms with Crippen molar-refractivity contribution in [3.05, 3.63) is 42.2 Å². The van der Waals surface area contributed by atoms with Crippen LogP contribution in [-0.2, 0) is 0 Å². The van der Waals surface area contributed by atoms with E-state index in [1.54, 1.807) is 0 Å². The molecule has 0 saturated carbocycles. The highest BCUT2D eigenvalue weighted by molar-refractivity contribution is 5.59. The van der Waals surface area contributed by atoms with Gasteiger partial charge in [-0.15, -0.1) is 0 Å². The lowest BCUT2D eigenvalue weighted by molar-refractivity contribution is 0.428. The van der Waals surface area contributed by atoms with E-state index >= 15 is 0 Å². The van der Waals surface area contributed by atoms with Gasteiger partial charge in [-0.1, -0.05) is 29.4 Å². The molecule has 0 N–H and O–H groups in total. The maximum Gasteiger partial charge on any atom is 0.258 e. The highest BCUT2D eigenvalue weighted by atomic mass is 16.5. The molecule has 0 bridgehead atoms. The summed E-state index contributed by atoms with van der Waals surface area (Å²) < 4.78 is 5.17. The topological polar surface area (TPSA) is 38.9 Å². The minimum atomic E-state index is 0.562. The molecule has 15 heavy (non-hydrogen) atoms. The average Bonchev–Trinajstić information content (AvgIpc) is 2.78. The van der Waals surface area contributed by atoms with E-state index in [-0.39, 0.29) is 0 Å². The Balaban J connectivity index is 2.36. The van der Waals surface area contributed by atoms with Crippen LogP contribution in [0.25, 0.3) is 17.0 Å². The zero-order valence-corrected chi connectivity index (χ0v) is 8.77. The fraction of sp³-hybridized carbons (Fsp3) is 0.167. The molecule has 0 spiro atoms. The second kappa shape index (κ2) is 4.09. The van der Waals surface area contributed by atoms with Crippen LogP contribution < -0.4 is 0 Å². The Kier molecular flexibility index (Phi) is 2.63. The number of aromatic nitrogens is 2. The maximum atomic E-state index is 5.17. The van der Waals surface area contributed by atoms with Gasteiger partial charge in [0.2, 0.25) is 0 Å². The Bertz CT molecular complexity index is 471. The normalized spacial score (nSPS) is 11.7. The molecule has 2 aromatic rings. The second-order valence-electron chi connectivity index (χ2n) is 3.26. The van der Waals surface area contributed by atoms with Gasteiger partial charge < -0.3 is 4.52 Å². The Labute approximate surface area is 88.4 Å². The molecule has 0 amide bonds. The first-order valence-corrected chi connectivity index (χ1v) is 4.83. The lowest BCUT2D eigenvalue weighted by Crippen LogP contribution is -1.82. The number of nitrogens with zero attached hydrogens (tertiary/aromatic N) is 2. The molecule has 0 aliphatic heterocycles. The van der Waals surface area contributed by atoms with Crippen molar-refractivity contribution in [1.29, 1.82) is 0 Å². The number of benzene rings is 1. The molecule has 0 fully saturated rings. The summed E-state index contributed by atoms with van der Waals surface area (Å²) in [5, 5.41) is 3.91. The predicted octanol–water partition coefficient (Wildman–Crippen LogP) is 3.16. The summed E-state index contributed by atoms with van der Waals surface area (Å²) >= 11 is 0. The monoisotopic (exact) mass is 200 g/mol. The summed E-state index contributed by atoms with van der Waals surface area (Å²) in [7, 11) is 0. The molecular weight excluding hydrogens is 188 g/mol. The fourth-order valence-corrected chi connectivity index (χ4v) is 1.21. The van der Waals surface area contributed by atoms with Crippen LogP contribution >= 0.6 is 0 Å². The molecule has 0 aliphatic rings. The van der Waals surface area contributed by atoms with Gasteiger partial charge in [0.15, 0.2) is 5.82 Å². The van der Waals surface area contributed by atoms with Crippen LogP contribution in [0.15, 0.2) is 40.9 Å². The van der Waals surface area contributed by atoms with Crippen LogP contribution in [0, 0.1) is 0 Å². The van der Waals surface area contributed by atoms with Gasteiger partial charge >= 0.3 is 0 Å². The van der Waals surface area contributed by atoms with E-state index < -0.39 is 0 Å². The van der Waals surface area contributed by atoms with Gasteiger partial charge in [0.25, 0.3) is 5.89 Å². The Morgan fingerprint density at radius 1 is 1.27 bits per heavy atom. The molecule has 3 nitrogen and oxygen atoms in total. The van der Waals surface area contributed by atoms with Gasteiger partial charge in [-0.05, 0) is 31.6 Å². The van der Waals surface area contributed by atoms with Crippen LogP contribution in [0.5, 0.6) is 0 Å². The van der Waals surface area contributed by atoms with Crippen molar-refractivity contribution in [2.45, 2.75) is 13.8 Å². The molecule has 1 aromatic carbocycles. The third-order valence-electron chi connectivity index (χ3n) is 2.23. The minimum absolute atomic E-state index is 0.562. The second-order valence-corrected chi connectivity index (χ2v) is 3.26. The molecule has 0 unspecified atom stereocenters. The first-order valence-electron chi connectivity index (χ1n) is 4.83. The van der Waals surface area contributed by atoms with E-state index in [1.165, 1.54) is 0 Å². The molecule has 1 aromatic heterocycles. The summed E-state index contributed by atoms with van der Waals surface area (Å²) in [4.78, 5) is 4.31. The number of hydrogen-bond donors (Lipinski definition) is 0. The van der Waals surface area contributed by atoms with Crippen molar-refractivity contribution < 1.29 is 4.52 Å². The Hall–Kier alpha value is -1.90. The van der Waals surface area contributed by atoms with E-state index in [1.807, 2.05) is 50.3 Å². The number of hydrogen-bond acceptors (Lipinski definition) is 3. The summed E-state index contributed by atoms with van der Waals surface area (Å²) in [5.74, 6) is 1.21. The van der Waals surface area contributed by atoms with Gasteiger partial charge in [-0.2, -0.15) is 4.98 Å². The van der Waals surface area contributed by atoms with Crippen LogP contribution in [-0.4, -0.2) is 10.1 Å². The predicted molar refractivity (Wildman–Crippen MR) is 59.1 cm³/mol. The Morgan fingerprint density at radius 2 is 2.00 bits per heavy atom. The van der Waals surface area contributed by atoms with E-state index in [2.05, 4.69) is 10.1 Å². The summed E-state index contributed by atoms with van der Waals surface area (Å²) in [6.45, 7) is 3.91. The highest BCUT2D eigenvalue weighted by Gasteiger charge is 2.08. The van der Waals surface area contributed by atoms with E-state index in [4.69, 9.17) is 4.52 Å². The van der Waals surface area contributed by atoms with Crippen molar-refractivity contribution >= 4 is 5.57 Å². The van der Waals surface area contributed by atoms with Crippen molar-refractivity contribution in [3.63, 3.8) is 0 Å². The first-order chi connectivity index (χ1) is 7.31. The summed E-state index contributed by atoms with van der Waals surface area (Å²) in [6.07, 6.45) is 1.96. The van der Waals surface area contributed by atoms with Gasteiger partial charge in [-0.25, -0.2) is 0 Å². The molecule has 3 heteroatoms. The average molecular weight is 200 g/mol. The zero-order chi connectivity index (χ0) is 10.7. The van der Waals surface area contributed by atoms with Crippen LogP contribution in [0.2, 0.25) is 0 Å². The molecule has 1 heterocycles. The quantitative estimate of drug-likeness (QED) is 0.747.